The molecule has 0 radical (unpaired) electrons. The molecule has 1 N–H and O–H groups in total. The molecule has 1 unspecified atom stereocenters. The Morgan fingerprint density at radius 3 is 2.64 bits per heavy atom. The molecule has 0 aliphatic carbocycles. The Labute approximate surface area is 145 Å². The Bertz CT molecular complexity index is 940. The largest absolute Gasteiger partial charge is 0.324 e. The van der Waals surface area contributed by atoms with Crippen molar-refractivity contribution < 1.29 is 4.79 Å². The highest BCUT2D eigenvalue weighted by molar-refractivity contribution is 5.93. The number of anilines is 1. The van der Waals surface area contributed by atoms with Gasteiger partial charge in [0.25, 0.3) is 0 Å². The van der Waals surface area contributed by atoms with E-state index in [1.807, 2.05) is 61.5 Å². The number of rotatable bonds is 4. The molecule has 0 fully saturated rings. The van der Waals surface area contributed by atoms with Crippen LogP contribution in [-0.2, 0) is 4.79 Å². The SMILES string of the molecule is Cc1cccc(NC(=O)C(C)n2nnc(-c3ccccc3)c2C#N)c1. The topological polar surface area (TPSA) is 83.6 Å². The van der Waals surface area contributed by atoms with Crippen LogP contribution in [0.5, 0.6) is 0 Å². The smallest absolute Gasteiger partial charge is 0.249 e. The van der Waals surface area contributed by atoms with Gasteiger partial charge in [-0.3, -0.25) is 4.79 Å². The van der Waals surface area contributed by atoms with Crippen LogP contribution < -0.4 is 5.32 Å². The number of hydrogen-bond acceptors (Lipinski definition) is 4. The third-order valence-corrected chi connectivity index (χ3v) is 3.88. The summed E-state index contributed by atoms with van der Waals surface area (Å²) in [5.41, 5.74) is 3.28. The van der Waals surface area contributed by atoms with Crippen molar-refractivity contribution in [3.63, 3.8) is 0 Å². The van der Waals surface area contributed by atoms with Crippen LogP contribution in [0.2, 0.25) is 0 Å². The van der Waals surface area contributed by atoms with E-state index >= 15 is 0 Å². The highest BCUT2D eigenvalue weighted by Gasteiger charge is 2.23. The van der Waals surface area contributed by atoms with E-state index in [1.165, 1.54) is 4.68 Å². The van der Waals surface area contributed by atoms with Crippen molar-refractivity contribution in [2.75, 3.05) is 5.32 Å². The van der Waals surface area contributed by atoms with Crippen LogP contribution in [0, 0.1) is 18.3 Å². The number of hydrogen-bond donors (Lipinski definition) is 1. The number of nitrogens with zero attached hydrogens (tertiary/aromatic N) is 4. The number of nitrogens with one attached hydrogen (secondary N) is 1. The van der Waals surface area contributed by atoms with Crippen molar-refractivity contribution in [2.45, 2.75) is 19.9 Å². The average molecular weight is 331 g/mol. The molecule has 0 bridgehead atoms. The van der Waals surface area contributed by atoms with Gasteiger partial charge in [-0.05, 0) is 31.5 Å². The van der Waals surface area contributed by atoms with E-state index in [9.17, 15) is 10.1 Å². The first-order valence-electron chi connectivity index (χ1n) is 7.88. The van der Waals surface area contributed by atoms with Crippen LogP contribution in [-0.4, -0.2) is 20.9 Å². The summed E-state index contributed by atoms with van der Waals surface area (Å²) >= 11 is 0. The minimum atomic E-state index is -0.667. The van der Waals surface area contributed by atoms with Crippen LogP contribution in [0.3, 0.4) is 0 Å². The van der Waals surface area contributed by atoms with Crippen molar-refractivity contribution >= 4 is 11.6 Å². The quantitative estimate of drug-likeness (QED) is 0.795. The van der Waals surface area contributed by atoms with E-state index in [0.717, 1.165) is 11.1 Å². The summed E-state index contributed by atoms with van der Waals surface area (Å²) in [7, 11) is 0. The number of nitriles is 1. The zero-order valence-electron chi connectivity index (χ0n) is 14.0. The zero-order chi connectivity index (χ0) is 17.8. The van der Waals surface area contributed by atoms with Gasteiger partial charge in [0.1, 0.15) is 17.8 Å². The van der Waals surface area contributed by atoms with E-state index in [1.54, 1.807) is 6.92 Å². The molecule has 124 valence electrons. The van der Waals surface area contributed by atoms with Gasteiger partial charge >= 0.3 is 0 Å². The normalized spacial score (nSPS) is 11.6. The van der Waals surface area contributed by atoms with Crippen molar-refractivity contribution in [2.24, 2.45) is 0 Å². The lowest BCUT2D eigenvalue weighted by Gasteiger charge is -2.13. The molecule has 1 aromatic heterocycles. The number of carbonyl (C=O) groups excluding carboxylic acids is 1. The highest BCUT2D eigenvalue weighted by atomic mass is 16.2. The fourth-order valence-electron chi connectivity index (χ4n) is 2.54. The van der Waals surface area contributed by atoms with Gasteiger partial charge in [0.05, 0.1) is 0 Å². The van der Waals surface area contributed by atoms with Crippen LogP contribution in [0.4, 0.5) is 5.69 Å². The van der Waals surface area contributed by atoms with Gasteiger partial charge in [-0.2, -0.15) is 5.26 Å². The van der Waals surface area contributed by atoms with Gasteiger partial charge in [0.15, 0.2) is 5.69 Å². The monoisotopic (exact) mass is 331 g/mol. The van der Waals surface area contributed by atoms with Crippen LogP contribution >= 0.6 is 0 Å². The van der Waals surface area contributed by atoms with Crippen molar-refractivity contribution in [3.8, 4) is 17.3 Å². The molecule has 2 aromatic carbocycles. The standard InChI is InChI=1S/C19H17N5O/c1-13-7-6-10-16(11-13)21-19(25)14(2)24-17(12-20)18(22-23-24)15-8-4-3-5-9-15/h3-11,14H,1-2H3,(H,21,25). The van der Waals surface area contributed by atoms with Crippen molar-refractivity contribution in [1.29, 1.82) is 5.26 Å². The number of benzene rings is 2. The van der Waals surface area contributed by atoms with E-state index in [0.29, 0.717) is 11.4 Å². The summed E-state index contributed by atoms with van der Waals surface area (Å²) in [5, 5.41) is 20.5. The van der Waals surface area contributed by atoms with E-state index in [2.05, 4.69) is 21.7 Å². The van der Waals surface area contributed by atoms with E-state index < -0.39 is 6.04 Å². The lowest BCUT2D eigenvalue weighted by molar-refractivity contribution is -0.119. The molecule has 6 heteroatoms. The highest BCUT2D eigenvalue weighted by Crippen LogP contribution is 2.23. The summed E-state index contributed by atoms with van der Waals surface area (Å²) in [5.74, 6) is -0.258. The Hall–Kier alpha value is -3.46. The Balaban J connectivity index is 1.87. The summed E-state index contributed by atoms with van der Waals surface area (Å²) in [6, 6.07) is 18.3. The first kappa shape index (κ1) is 16.4. The average Bonchev–Trinajstić information content (AvgIpc) is 3.05. The first-order valence-corrected chi connectivity index (χ1v) is 7.88. The Kier molecular flexibility index (Phi) is 4.57. The fraction of sp³-hybridized carbons (Fsp3) is 0.158. The summed E-state index contributed by atoms with van der Waals surface area (Å²) < 4.78 is 1.35. The molecular formula is C19H17N5O. The molecule has 0 aliphatic heterocycles. The lowest BCUT2D eigenvalue weighted by atomic mass is 10.1. The van der Waals surface area contributed by atoms with Gasteiger partial charge in [0, 0.05) is 11.3 Å². The molecule has 1 atom stereocenters. The molecule has 3 aromatic rings. The number of aryl methyl sites for hydroxylation is 1. The second-order valence-corrected chi connectivity index (χ2v) is 5.74. The van der Waals surface area contributed by atoms with Gasteiger partial charge < -0.3 is 5.32 Å². The van der Waals surface area contributed by atoms with Gasteiger partial charge in [-0.15, -0.1) is 5.10 Å². The molecular weight excluding hydrogens is 314 g/mol. The van der Waals surface area contributed by atoms with Crippen molar-refractivity contribution in [1.82, 2.24) is 15.0 Å². The molecule has 6 nitrogen and oxygen atoms in total. The predicted octanol–water partition coefficient (Wildman–Crippen LogP) is 3.32. The maximum atomic E-state index is 12.5. The molecule has 0 saturated heterocycles. The van der Waals surface area contributed by atoms with E-state index in [4.69, 9.17) is 0 Å². The minimum Gasteiger partial charge on any atom is -0.324 e. The van der Waals surface area contributed by atoms with Crippen LogP contribution in [0.1, 0.15) is 24.2 Å². The summed E-state index contributed by atoms with van der Waals surface area (Å²) in [6.07, 6.45) is 0. The van der Waals surface area contributed by atoms with Gasteiger partial charge in [-0.25, -0.2) is 4.68 Å². The summed E-state index contributed by atoms with van der Waals surface area (Å²) in [6.45, 7) is 3.64. The molecule has 0 saturated carbocycles. The minimum absolute atomic E-state index is 0.258. The maximum absolute atomic E-state index is 12.5. The molecule has 0 spiro atoms. The predicted molar refractivity (Wildman–Crippen MR) is 94.7 cm³/mol. The second kappa shape index (κ2) is 6.97. The molecule has 25 heavy (non-hydrogen) atoms. The first-order chi connectivity index (χ1) is 12.1. The molecule has 1 heterocycles. The third kappa shape index (κ3) is 3.40. The lowest BCUT2D eigenvalue weighted by Crippen LogP contribution is -2.25. The van der Waals surface area contributed by atoms with Crippen LogP contribution in [0.25, 0.3) is 11.3 Å². The Morgan fingerprint density at radius 1 is 1.20 bits per heavy atom. The third-order valence-electron chi connectivity index (χ3n) is 3.88. The van der Waals surface area contributed by atoms with Gasteiger partial charge in [0.2, 0.25) is 5.91 Å². The number of aromatic nitrogens is 3. The van der Waals surface area contributed by atoms with Crippen molar-refractivity contribution in [3.05, 3.63) is 65.9 Å². The number of amides is 1. The maximum Gasteiger partial charge on any atom is 0.249 e. The van der Waals surface area contributed by atoms with Gasteiger partial charge in [-0.1, -0.05) is 47.7 Å². The second-order valence-electron chi connectivity index (χ2n) is 5.74. The molecule has 1 amide bonds. The molecule has 3 rings (SSSR count). The molecule has 0 aliphatic rings. The zero-order valence-corrected chi connectivity index (χ0v) is 14.0. The van der Waals surface area contributed by atoms with Crippen LogP contribution in [0.15, 0.2) is 54.6 Å². The van der Waals surface area contributed by atoms with E-state index in [-0.39, 0.29) is 11.6 Å². The Morgan fingerprint density at radius 2 is 1.96 bits per heavy atom. The summed E-state index contributed by atoms with van der Waals surface area (Å²) in [4.78, 5) is 12.5. The fourth-order valence-corrected chi connectivity index (χ4v) is 2.54. The number of carbonyl (C=O) groups is 1.